The first kappa shape index (κ1) is 32.3. The van der Waals surface area contributed by atoms with Crippen LogP contribution in [0.4, 0.5) is 0 Å². The van der Waals surface area contributed by atoms with Gasteiger partial charge in [0.1, 0.15) is 0 Å². The van der Waals surface area contributed by atoms with E-state index in [0.29, 0.717) is 12.1 Å². The molecule has 0 saturated carbocycles. The number of nitrogens with two attached hydrogens (primary N) is 1. The van der Waals surface area contributed by atoms with Crippen LogP contribution in [0.1, 0.15) is 110 Å². The molecule has 30 heavy (non-hydrogen) atoms. The van der Waals surface area contributed by atoms with Gasteiger partial charge in [-0.3, -0.25) is 0 Å². The minimum Gasteiger partial charge on any atom is -0.377 e. The summed E-state index contributed by atoms with van der Waals surface area (Å²) in [5.74, 6) is 0. The minimum absolute atomic E-state index is 0. The lowest BCUT2D eigenvalue weighted by atomic mass is 10.1. The van der Waals surface area contributed by atoms with Gasteiger partial charge in [0.25, 0.3) is 0 Å². The molecule has 1 unspecified atom stereocenters. The summed E-state index contributed by atoms with van der Waals surface area (Å²) in [6.07, 6.45) is 25.5. The minimum atomic E-state index is -2.57. The molecule has 0 amide bonds. The van der Waals surface area contributed by atoms with E-state index in [1.807, 2.05) is 0 Å². The number of halogens is 1. The second kappa shape index (κ2) is 23.7. The van der Waals surface area contributed by atoms with Crippen molar-refractivity contribution in [3.05, 3.63) is 12.2 Å². The number of hydrogen-bond acceptors (Lipinski definition) is 4. The molecule has 4 nitrogen and oxygen atoms in total. The van der Waals surface area contributed by atoms with Crippen molar-refractivity contribution in [3.8, 4) is 0 Å². The highest BCUT2D eigenvalue weighted by molar-refractivity contribution is 6.62. The predicted molar refractivity (Wildman–Crippen MR) is 136 cm³/mol. The first-order valence-corrected chi connectivity index (χ1v) is 14.0. The summed E-state index contributed by atoms with van der Waals surface area (Å²) >= 11 is 0. The third-order valence-corrected chi connectivity index (χ3v) is 9.22. The molecule has 0 bridgehead atoms. The Bertz CT molecular complexity index is 360. The molecule has 0 spiro atoms. The molecule has 0 aliphatic rings. The van der Waals surface area contributed by atoms with Crippen molar-refractivity contribution in [1.82, 2.24) is 0 Å². The molecule has 0 aliphatic heterocycles. The zero-order valence-electron chi connectivity index (χ0n) is 20.5. The average Bonchev–Trinajstić information content (AvgIpc) is 2.75. The van der Waals surface area contributed by atoms with E-state index in [1.54, 1.807) is 21.3 Å². The van der Waals surface area contributed by atoms with Crippen LogP contribution in [0, 0.1) is 0 Å². The van der Waals surface area contributed by atoms with E-state index >= 15 is 0 Å². The van der Waals surface area contributed by atoms with Crippen molar-refractivity contribution in [1.29, 1.82) is 0 Å². The molecule has 182 valence electrons. The molecule has 0 fully saturated rings. The monoisotopic (exact) mass is 465 g/mol. The Labute approximate surface area is 195 Å². The zero-order chi connectivity index (χ0) is 21.6. The van der Waals surface area contributed by atoms with Gasteiger partial charge < -0.3 is 19.0 Å². The summed E-state index contributed by atoms with van der Waals surface area (Å²) in [4.78, 5) is 0. The molecule has 1 atom stereocenters. The average molecular weight is 466 g/mol. The van der Waals surface area contributed by atoms with Gasteiger partial charge in [-0.1, -0.05) is 83.3 Å². The van der Waals surface area contributed by atoms with Crippen LogP contribution in [0.3, 0.4) is 0 Å². The molecule has 0 aliphatic carbocycles. The highest BCUT2D eigenvalue weighted by atomic mass is 35.5. The van der Waals surface area contributed by atoms with E-state index in [2.05, 4.69) is 19.1 Å². The van der Waals surface area contributed by atoms with Gasteiger partial charge in [-0.2, -0.15) is 0 Å². The zero-order valence-corrected chi connectivity index (χ0v) is 22.3. The highest BCUT2D eigenvalue weighted by Gasteiger charge is 2.46. The van der Waals surface area contributed by atoms with E-state index < -0.39 is 8.80 Å². The van der Waals surface area contributed by atoms with Crippen molar-refractivity contribution < 1.29 is 13.3 Å². The summed E-state index contributed by atoms with van der Waals surface area (Å²) in [5.41, 5.74) is 6.10. The molecule has 0 radical (unpaired) electrons. The van der Waals surface area contributed by atoms with Crippen molar-refractivity contribution in [2.24, 2.45) is 5.73 Å². The first-order chi connectivity index (χ1) is 14.2. The topological polar surface area (TPSA) is 53.7 Å². The smallest absolute Gasteiger partial charge is 0.377 e. The summed E-state index contributed by atoms with van der Waals surface area (Å²) in [6, 6.07) is 0. The molecule has 0 saturated heterocycles. The van der Waals surface area contributed by atoms with Gasteiger partial charge in [0, 0.05) is 26.9 Å². The molecule has 0 rings (SSSR count). The van der Waals surface area contributed by atoms with Gasteiger partial charge in [0.05, 0.1) is 0 Å². The van der Waals surface area contributed by atoms with Gasteiger partial charge in [-0.05, 0) is 45.1 Å². The lowest BCUT2D eigenvalue weighted by Gasteiger charge is -2.32. The second-order valence-corrected chi connectivity index (χ2v) is 11.5. The van der Waals surface area contributed by atoms with Gasteiger partial charge in [-0.25, -0.2) is 0 Å². The summed E-state index contributed by atoms with van der Waals surface area (Å²) in [6.45, 7) is 2.93. The highest BCUT2D eigenvalue weighted by Crippen LogP contribution is 2.32. The number of rotatable bonds is 22. The fraction of sp³-hybridized carbons (Fsp3) is 0.917. The van der Waals surface area contributed by atoms with Gasteiger partial charge >= 0.3 is 8.80 Å². The van der Waals surface area contributed by atoms with Crippen LogP contribution in [0.25, 0.3) is 0 Å². The quantitative estimate of drug-likeness (QED) is 0.102. The number of hydrogen-bond donors (Lipinski definition) is 1. The Morgan fingerprint density at radius 1 is 0.667 bits per heavy atom. The van der Waals surface area contributed by atoms with Gasteiger partial charge in [0.15, 0.2) is 0 Å². The Kier molecular flexibility index (Phi) is 25.5. The third kappa shape index (κ3) is 15.8. The van der Waals surface area contributed by atoms with Crippen LogP contribution in [0.5, 0.6) is 0 Å². The predicted octanol–water partition coefficient (Wildman–Crippen LogP) is 7.43. The molecular weight excluding hydrogens is 414 g/mol. The van der Waals surface area contributed by atoms with Crippen molar-refractivity contribution >= 4 is 21.2 Å². The second-order valence-electron chi connectivity index (χ2n) is 8.22. The van der Waals surface area contributed by atoms with Crippen molar-refractivity contribution in [2.45, 2.75) is 115 Å². The third-order valence-electron chi connectivity index (χ3n) is 5.93. The van der Waals surface area contributed by atoms with Crippen LogP contribution in [-0.2, 0) is 13.3 Å². The normalized spacial score (nSPS) is 13.0. The van der Waals surface area contributed by atoms with Crippen molar-refractivity contribution in [2.75, 3.05) is 27.9 Å². The molecule has 0 aromatic heterocycles. The molecule has 2 N–H and O–H groups in total. The Balaban J connectivity index is 0. The summed E-state index contributed by atoms with van der Waals surface area (Å²) < 4.78 is 17.0. The van der Waals surface area contributed by atoms with Crippen LogP contribution in [0.15, 0.2) is 12.2 Å². The van der Waals surface area contributed by atoms with Crippen LogP contribution >= 0.6 is 12.4 Å². The first-order valence-electron chi connectivity index (χ1n) is 12.2. The van der Waals surface area contributed by atoms with E-state index in [0.717, 1.165) is 12.8 Å². The fourth-order valence-electron chi connectivity index (χ4n) is 4.09. The summed E-state index contributed by atoms with van der Waals surface area (Å²) in [5, 5.41) is 0. The fourth-order valence-corrected chi connectivity index (χ4v) is 6.67. The largest absolute Gasteiger partial charge is 0.503 e. The Morgan fingerprint density at radius 2 is 1.10 bits per heavy atom. The standard InChI is InChI=1S/C24H51NO3Si.ClH/c1-5-6-7-8-9-10-11-12-13-14-15-16-17-18-19-20-21-24(22-23-25)29(26-2,27-3)28-4;/h15-16,24H,5-14,17-23,25H2,1-4H3;1H. The van der Waals surface area contributed by atoms with E-state index in [4.69, 9.17) is 19.0 Å². The van der Waals surface area contributed by atoms with Crippen LogP contribution < -0.4 is 5.73 Å². The SMILES string of the molecule is CCCCCCCCCCCC=CCCCCCC(CCN)[Si](OC)(OC)OC.Cl. The maximum atomic E-state index is 5.80. The number of allylic oxidation sites excluding steroid dienone is 2. The molecule has 6 heteroatoms. The number of unbranched alkanes of at least 4 members (excludes halogenated alkanes) is 12. The maximum absolute atomic E-state index is 5.80. The lowest BCUT2D eigenvalue weighted by Crippen LogP contribution is -2.48. The van der Waals surface area contributed by atoms with E-state index in [-0.39, 0.29) is 12.4 Å². The maximum Gasteiger partial charge on any atom is 0.503 e. The van der Waals surface area contributed by atoms with Crippen LogP contribution in [-0.4, -0.2) is 36.7 Å². The Hall–Kier alpha value is 0.0869. The molecule has 0 aromatic rings. The van der Waals surface area contributed by atoms with Gasteiger partial charge in [0.2, 0.25) is 0 Å². The Morgan fingerprint density at radius 3 is 1.53 bits per heavy atom. The lowest BCUT2D eigenvalue weighted by molar-refractivity contribution is 0.108. The molecular formula is C24H52ClNO3Si. The van der Waals surface area contributed by atoms with Crippen molar-refractivity contribution in [3.63, 3.8) is 0 Å². The van der Waals surface area contributed by atoms with E-state index in [9.17, 15) is 0 Å². The molecule has 0 aromatic carbocycles. The molecule has 0 heterocycles. The van der Waals surface area contributed by atoms with Gasteiger partial charge in [-0.15, -0.1) is 12.4 Å². The van der Waals surface area contributed by atoms with Crippen LogP contribution in [0.2, 0.25) is 5.54 Å². The van der Waals surface area contributed by atoms with E-state index in [1.165, 1.54) is 89.9 Å². The summed E-state index contributed by atoms with van der Waals surface area (Å²) in [7, 11) is 2.52.